The van der Waals surface area contributed by atoms with Gasteiger partial charge in [0.05, 0.1) is 5.41 Å². The summed E-state index contributed by atoms with van der Waals surface area (Å²) in [4.78, 5) is 25.3. The molecular formula is C15H28N2O3. The Kier molecular flexibility index (Phi) is 6.46. The summed E-state index contributed by atoms with van der Waals surface area (Å²) in [6, 6.07) is 0.174. The lowest BCUT2D eigenvalue weighted by molar-refractivity contribution is -0.152. The topological polar surface area (TPSA) is 69.6 Å². The molecule has 116 valence electrons. The summed E-state index contributed by atoms with van der Waals surface area (Å²) in [5.41, 5.74) is -0.536. The van der Waals surface area contributed by atoms with Crippen molar-refractivity contribution >= 4 is 11.9 Å². The standard InChI is InChI=1S/C15H28N2O3/c1-4-6-15(14(19)20)7-10-17(11-8-15)9-5-13(18)16-12(2)3/h12H,4-11H2,1-3H3,(H,16,18)(H,19,20). The maximum atomic E-state index is 11.6. The Morgan fingerprint density at radius 2 is 1.90 bits per heavy atom. The number of carbonyl (C=O) groups is 2. The fourth-order valence-corrected chi connectivity index (χ4v) is 2.91. The zero-order valence-corrected chi connectivity index (χ0v) is 12.9. The maximum absolute atomic E-state index is 11.6. The molecule has 1 rings (SSSR count). The van der Waals surface area contributed by atoms with Gasteiger partial charge >= 0.3 is 5.97 Å². The Hall–Kier alpha value is -1.10. The SMILES string of the molecule is CCCC1(C(=O)O)CCN(CCC(=O)NC(C)C)CC1. The molecule has 0 spiro atoms. The average Bonchev–Trinajstić information content (AvgIpc) is 2.37. The van der Waals surface area contributed by atoms with E-state index in [9.17, 15) is 14.7 Å². The zero-order chi connectivity index (χ0) is 15.2. The van der Waals surface area contributed by atoms with Crippen molar-refractivity contribution in [3.63, 3.8) is 0 Å². The van der Waals surface area contributed by atoms with Gasteiger partial charge in [0.25, 0.3) is 0 Å². The lowest BCUT2D eigenvalue weighted by atomic mass is 9.75. The third kappa shape index (κ3) is 4.78. The van der Waals surface area contributed by atoms with E-state index in [0.717, 1.165) is 32.5 Å². The van der Waals surface area contributed by atoms with Crippen LogP contribution < -0.4 is 5.32 Å². The lowest BCUT2D eigenvalue weighted by Crippen LogP contribution is -2.45. The second kappa shape index (κ2) is 7.62. The van der Waals surface area contributed by atoms with E-state index >= 15 is 0 Å². The van der Waals surface area contributed by atoms with Gasteiger partial charge in [0.1, 0.15) is 0 Å². The molecule has 1 aliphatic rings. The largest absolute Gasteiger partial charge is 0.481 e. The highest BCUT2D eigenvalue weighted by atomic mass is 16.4. The number of nitrogens with one attached hydrogen (secondary N) is 1. The molecular weight excluding hydrogens is 256 g/mol. The Bertz CT molecular complexity index is 334. The van der Waals surface area contributed by atoms with Crippen LogP contribution in [0.5, 0.6) is 0 Å². The number of likely N-dealkylation sites (tertiary alicyclic amines) is 1. The highest BCUT2D eigenvalue weighted by molar-refractivity contribution is 5.76. The number of hydrogen-bond acceptors (Lipinski definition) is 3. The number of hydrogen-bond donors (Lipinski definition) is 2. The number of aliphatic carboxylic acids is 1. The summed E-state index contributed by atoms with van der Waals surface area (Å²) in [6.45, 7) is 8.21. The predicted molar refractivity (Wildman–Crippen MR) is 78.5 cm³/mol. The Balaban J connectivity index is 2.38. The highest BCUT2D eigenvalue weighted by Gasteiger charge is 2.40. The number of nitrogens with zero attached hydrogens (tertiary/aromatic N) is 1. The third-order valence-electron chi connectivity index (χ3n) is 4.10. The zero-order valence-electron chi connectivity index (χ0n) is 12.9. The second-order valence-corrected chi connectivity index (χ2v) is 6.15. The molecule has 0 atom stereocenters. The van der Waals surface area contributed by atoms with Gasteiger partial charge in [0.15, 0.2) is 0 Å². The molecule has 0 radical (unpaired) electrons. The van der Waals surface area contributed by atoms with E-state index in [4.69, 9.17) is 0 Å². The summed E-state index contributed by atoms with van der Waals surface area (Å²) in [5.74, 6) is -0.583. The molecule has 0 saturated carbocycles. The first kappa shape index (κ1) is 17.0. The first-order chi connectivity index (χ1) is 9.39. The first-order valence-corrected chi connectivity index (χ1v) is 7.65. The van der Waals surface area contributed by atoms with E-state index in [2.05, 4.69) is 10.2 Å². The van der Waals surface area contributed by atoms with Crippen molar-refractivity contribution in [2.24, 2.45) is 5.41 Å². The number of piperidine rings is 1. The molecule has 0 aromatic heterocycles. The summed E-state index contributed by atoms with van der Waals surface area (Å²) >= 11 is 0. The summed E-state index contributed by atoms with van der Waals surface area (Å²) in [6.07, 6.45) is 3.54. The number of carboxylic acid groups (broad SMARTS) is 1. The van der Waals surface area contributed by atoms with Crippen LogP contribution in [0.4, 0.5) is 0 Å². The van der Waals surface area contributed by atoms with Crippen molar-refractivity contribution < 1.29 is 14.7 Å². The number of carboxylic acids is 1. The number of rotatable bonds is 7. The van der Waals surface area contributed by atoms with E-state index in [1.165, 1.54) is 0 Å². The van der Waals surface area contributed by atoms with E-state index in [1.54, 1.807) is 0 Å². The fraction of sp³-hybridized carbons (Fsp3) is 0.867. The molecule has 2 N–H and O–H groups in total. The Morgan fingerprint density at radius 1 is 1.30 bits per heavy atom. The van der Waals surface area contributed by atoms with Crippen LogP contribution in [0, 0.1) is 5.41 Å². The monoisotopic (exact) mass is 284 g/mol. The predicted octanol–water partition coefficient (Wildman–Crippen LogP) is 1.87. The molecule has 1 saturated heterocycles. The van der Waals surface area contributed by atoms with Crippen LogP contribution in [-0.4, -0.2) is 47.6 Å². The minimum Gasteiger partial charge on any atom is -0.481 e. The first-order valence-electron chi connectivity index (χ1n) is 7.65. The van der Waals surface area contributed by atoms with Crippen LogP contribution in [0.2, 0.25) is 0 Å². The van der Waals surface area contributed by atoms with Gasteiger partial charge in [-0.15, -0.1) is 0 Å². The molecule has 5 heteroatoms. The number of carbonyl (C=O) groups excluding carboxylic acids is 1. The van der Waals surface area contributed by atoms with E-state index in [-0.39, 0.29) is 11.9 Å². The van der Waals surface area contributed by atoms with Crippen molar-refractivity contribution in [1.29, 1.82) is 0 Å². The molecule has 1 amide bonds. The third-order valence-corrected chi connectivity index (χ3v) is 4.10. The van der Waals surface area contributed by atoms with Crippen molar-refractivity contribution in [3.05, 3.63) is 0 Å². The minimum atomic E-state index is -0.656. The fourth-order valence-electron chi connectivity index (χ4n) is 2.91. The Morgan fingerprint density at radius 3 is 2.35 bits per heavy atom. The average molecular weight is 284 g/mol. The van der Waals surface area contributed by atoms with Gasteiger partial charge in [-0.25, -0.2) is 0 Å². The van der Waals surface area contributed by atoms with Gasteiger partial charge in [0, 0.05) is 19.0 Å². The van der Waals surface area contributed by atoms with Crippen LogP contribution in [0.3, 0.4) is 0 Å². The molecule has 20 heavy (non-hydrogen) atoms. The van der Waals surface area contributed by atoms with Crippen molar-refractivity contribution in [2.45, 2.75) is 58.9 Å². The van der Waals surface area contributed by atoms with Gasteiger partial charge in [0.2, 0.25) is 5.91 Å². The van der Waals surface area contributed by atoms with E-state index in [0.29, 0.717) is 19.3 Å². The van der Waals surface area contributed by atoms with Crippen molar-refractivity contribution in [3.8, 4) is 0 Å². The molecule has 0 aromatic carbocycles. The summed E-state index contributed by atoms with van der Waals surface area (Å²) < 4.78 is 0. The quantitative estimate of drug-likeness (QED) is 0.749. The molecule has 1 fully saturated rings. The summed E-state index contributed by atoms with van der Waals surface area (Å²) in [5, 5.41) is 12.3. The van der Waals surface area contributed by atoms with Gasteiger partial charge in [-0.05, 0) is 46.2 Å². The maximum Gasteiger partial charge on any atom is 0.309 e. The molecule has 5 nitrogen and oxygen atoms in total. The van der Waals surface area contributed by atoms with E-state index < -0.39 is 11.4 Å². The minimum absolute atomic E-state index is 0.0728. The van der Waals surface area contributed by atoms with Crippen molar-refractivity contribution in [1.82, 2.24) is 10.2 Å². The molecule has 0 bridgehead atoms. The van der Waals surface area contributed by atoms with Crippen LogP contribution in [0.25, 0.3) is 0 Å². The molecule has 0 aliphatic carbocycles. The highest BCUT2D eigenvalue weighted by Crippen LogP contribution is 2.36. The van der Waals surface area contributed by atoms with Crippen LogP contribution >= 0.6 is 0 Å². The van der Waals surface area contributed by atoms with Crippen LogP contribution in [-0.2, 0) is 9.59 Å². The lowest BCUT2D eigenvalue weighted by Gasteiger charge is -2.38. The van der Waals surface area contributed by atoms with Crippen LogP contribution in [0.15, 0.2) is 0 Å². The summed E-state index contributed by atoms with van der Waals surface area (Å²) in [7, 11) is 0. The second-order valence-electron chi connectivity index (χ2n) is 6.15. The van der Waals surface area contributed by atoms with Gasteiger partial charge < -0.3 is 15.3 Å². The van der Waals surface area contributed by atoms with E-state index in [1.807, 2.05) is 20.8 Å². The molecule has 1 aliphatic heterocycles. The number of amides is 1. The molecule has 0 aromatic rings. The van der Waals surface area contributed by atoms with Gasteiger partial charge in [-0.3, -0.25) is 9.59 Å². The smallest absolute Gasteiger partial charge is 0.309 e. The molecule has 0 unspecified atom stereocenters. The van der Waals surface area contributed by atoms with Gasteiger partial charge in [-0.1, -0.05) is 13.3 Å². The van der Waals surface area contributed by atoms with Gasteiger partial charge in [-0.2, -0.15) is 0 Å². The normalized spacial score (nSPS) is 19.0. The Labute approximate surface area is 121 Å². The van der Waals surface area contributed by atoms with Crippen LogP contribution in [0.1, 0.15) is 52.9 Å². The van der Waals surface area contributed by atoms with Crippen molar-refractivity contribution in [2.75, 3.05) is 19.6 Å². The molecule has 1 heterocycles.